The van der Waals surface area contributed by atoms with Gasteiger partial charge in [0.15, 0.2) is 0 Å². The van der Waals surface area contributed by atoms with Gasteiger partial charge in [-0.15, -0.1) is 0 Å². The fourth-order valence-electron chi connectivity index (χ4n) is 2.73. The predicted octanol–water partition coefficient (Wildman–Crippen LogP) is 2.02. The minimum atomic E-state index is -0.125. The second-order valence-electron chi connectivity index (χ2n) is 5.34. The standard InChI is InChI=1S/C14H29NO2/c1-2-3-9-15(10-11-16)12-13-7-5-4-6-8-14(13)17/h13-14,16-17H,2-12H2,1H3. The van der Waals surface area contributed by atoms with Crippen LogP contribution < -0.4 is 0 Å². The molecule has 1 fully saturated rings. The maximum atomic E-state index is 10.1. The van der Waals surface area contributed by atoms with Crippen molar-refractivity contribution in [1.29, 1.82) is 0 Å². The average Bonchev–Trinajstić information content (AvgIpc) is 2.52. The second-order valence-corrected chi connectivity index (χ2v) is 5.34. The van der Waals surface area contributed by atoms with Crippen LogP contribution >= 0.6 is 0 Å². The van der Waals surface area contributed by atoms with Gasteiger partial charge in [-0.05, 0) is 31.7 Å². The quantitative estimate of drug-likeness (QED) is 0.672. The van der Waals surface area contributed by atoms with Gasteiger partial charge in [-0.3, -0.25) is 0 Å². The molecule has 0 aromatic carbocycles. The van der Waals surface area contributed by atoms with Crippen molar-refractivity contribution in [2.45, 2.75) is 58.0 Å². The van der Waals surface area contributed by atoms with Crippen LogP contribution in [0.2, 0.25) is 0 Å². The van der Waals surface area contributed by atoms with E-state index in [0.29, 0.717) is 5.92 Å². The van der Waals surface area contributed by atoms with Crippen LogP contribution in [0.4, 0.5) is 0 Å². The van der Waals surface area contributed by atoms with Crippen LogP contribution in [0.1, 0.15) is 51.9 Å². The van der Waals surface area contributed by atoms with E-state index in [0.717, 1.165) is 32.5 Å². The van der Waals surface area contributed by atoms with Gasteiger partial charge >= 0.3 is 0 Å². The van der Waals surface area contributed by atoms with Gasteiger partial charge in [0.05, 0.1) is 12.7 Å². The third-order valence-electron chi connectivity index (χ3n) is 3.86. The highest BCUT2D eigenvalue weighted by atomic mass is 16.3. The summed E-state index contributed by atoms with van der Waals surface area (Å²) in [4.78, 5) is 2.32. The van der Waals surface area contributed by atoms with Crippen molar-refractivity contribution in [3.05, 3.63) is 0 Å². The molecule has 0 aliphatic heterocycles. The number of aliphatic hydroxyl groups is 2. The lowest BCUT2D eigenvalue weighted by atomic mass is 9.96. The lowest BCUT2D eigenvalue weighted by Crippen LogP contribution is -2.37. The molecule has 0 saturated heterocycles. The van der Waals surface area contributed by atoms with Crippen LogP contribution in [0.15, 0.2) is 0 Å². The molecule has 1 saturated carbocycles. The maximum absolute atomic E-state index is 10.1. The average molecular weight is 243 g/mol. The first-order valence-electron chi connectivity index (χ1n) is 7.29. The van der Waals surface area contributed by atoms with E-state index < -0.39 is 0 Å². The molecular formula is C14H29NO2. The fraction of sp³-hybridized carbons (Fsp3) is 1.00. The summed E-state index contributed by atoms with van der Waals surface area (Å²) in [5, 5.41) is 19.2. The molecule has 0 spiro atoms. The summed E-state index contributed by atoms with van der Waals surface area (Å²) in [6.07, 6.45) is 8.05. The summed E-state index contributed by atoms with van der Waals surface area (Å²) >= 11 is 0. The van der Waals surface area contributed by atoms with Crippen molar-refractivity contribution in [2.75, 3.05) is 26.2 Å². The Balaban J connectivity index is 2.39. The van der Waals surface area contributed by atoms with Crippen molar-refractivity contribution in [2.24, 2.45) is 5.92 Å². The minimum absolute atomic E-state index is 0.125. The van der Waals surface area contributed by atoms with Crippen molar-refractivity contribution in [1.82, 2.24) is 4.90 Å². The van der Waals surface area contributed by atoms with Gasteiger partial charge in [0.25, 0.3) is 0 Å². The summed E-state index contributed by atoms with van der Waals surface area (Å²) in [6.45, 7) is 5.19. The zero-order valence-corrected chi connectivity index (χ0v) is 11.3. The molecule has 2 N–H and O–H groups in total. The van der Waals surface area contributed by atoms with Crippen LogP contribution in [0.3, 0.4) is 0 Å². The van der Waals surface area contributed by atoms with E-state index in [-0.39, 0.29) is 12.7 Å². The zero-order valence-electron chi connectivity index (χ0n) is 11.3. The molecule has 2 unspecified atom stereocenters. The Kier molecular flexibility index (Phi) is 7.82. The van der Waals surface area contributed by atoms with Gasteiger partial charge in [0.2, 0.25) is 0 Å². The largest absolute Gasteiger partial charge is 0.395 e. The Morgan fingerprint density at radius 3 is 2.59 bits per heavy atom. The number of hydrogen-bond donors (Lipinski definition) is 2. The molecule has 1 aliphatic carbocycles. The number of rotatable bonds is 7. The van der Waals surface area contributed by atoms with Crippen molar-refractivity contribution >= 4 is 0 Å². The number of nitrogens with zero attached hydrogens (tertiary/aromatic N) is 1. The molecule has 3 nitrogen and oxygen atoms in total. The topological polar surface area (TPSA) is 43.7 Å². The van der Waals surface area contributed by atoms with Crippen molar-refractivity contribution in [3.63, 3.8) is 0 Å². The van der Waals surface area contributed by atoms with Gasteiger partial charge in [-0.25, -0.2) is 0 Å². The molecule has 2 atom stereocenters. The van der Waals surface area contributed by atoms with E-state index in [1.54, 1.807) is 0 Å². The highest BCUT2D eigenvalue weighted by Gasteiger charge is 2.23. The van der Waals surface area contributed by atoms with E-state index in [1.807, 2.05) is 0 Å². The van der Waals surface area contributed by atoms with Gasteiger partial charge in [0, 0.05) is 13.1 Å². The molecule has 0 aromatic rings. The highest BCUT2D eigenvalue weighted by molar-refractivity contribution is 4.76. The monoisotopic (exact) mass is 243 g/mol. The molecule has 0 amide bonds. The molecular weight excluding hydrogens is 214 g/mol. The molecule has 0 radical (unpaired) electrons. The Bertz CT molecular complexity index is 187. The van der Waals surface area contributed by atoms with Gasteiger partial charge < -0.3 is 15.1 Å². The van der Waals surface area contributed by atoms with Crippen LogP contribution in [0, 0.1) is 5.92 Å². The zero-order chi connectivity index (χ0) is 12.5. The third kappa shape index (κ3) is 5.84. The Labute approximate surface area is 106 Å². The van der Waals surface area contributed by atoms with Crippen molar-refractivity contribution in [3.8, 4) is 0 Å². The van der Waals surface area contributed by atoms with E-state index in [9.17, 15) is 5.11 Å². The highest BCUT2D eigenvalue weighted by Crippen LogP contribution is 2.24. The Hall–Kier alpha value is -0.120. The van der Waals surface area contributed by atoms with E-state index in [1.165, 1.54) is 32.1 Å². The summed E-state index contributed by atoms with van der Waals surface area (Å²) in [5.41, 5.74) is 0. The van der Waals surface area contributed by atoms with Crippen LogP contribution in [0.5, 0.6) is 0 Å². The first kappa shape index (κ1) is 14.9. The summed E-state index contributed by atoms with van der Waals surface area (Å²) in [6, 6.07) is 0. The fourth-order valence-corrected chi connectivity index (χ4v) is 2.73. The molecule has 0 heterocycles. The van der Waals surface area contributed by atoms with E-state index >= 15 is 0 Å². The van der Waals surface area contributed by atoms with Crippen LogP contribution in [0.25, 0.3) is 0 Å². The number of unbranched alkanes of at least 4 members (excludes halogenated alkanes) is 1. The summed E-state index contributed by atoms with van der Waals surface area (Å²) in [5.74, 6) is 0.418. The van der Waals surface area contributed by atoms with Crippen LogP contribution in [-0.4, -0.2) is 47.5 Å². The van der Waals surface area contributed by atoms with Gasteiger partial charge in [-0.2, -0.15) is 0 Å². The molecule has 1 aliphatic rings. The predicted molar refractivity (Wildman–Crippen MR) is 71.0 cm³/mol. The second kappa shape index (κ2) is 8.90. The Morgan fingerprint density at radius 2 is 1.88 bits per heavy atom. The number of aliphatic hydroxyl groups excluding tert-OH is 2. The molecule has 17 heavy (non-hydrogen) atoms. The number of hydrogen-bond acceptors (Lipinski definition) is 3. The van der Waals surface area contributed by atoms with Crippen molar-refractivity contribution < 1.29 is 10.2 Å². The van der Waals surface area contributed by atoms with E-state index in [4.69, 9.17) is 5.11 Å². The lowest BCUT2D eigenvalue weighted by Gasteiger charge is -2.28. The smallest absolute Gasteiger partial charge is 0.0580 e. The molecule has 0 bridgehead atoms. The summed E-state index contributed by atoms with van der Waals surface area (Å²) in [7, 11) is 0. The summed E-state index contributed by atoms with van der Waals surface area (Å²) < 4.78 is 0. The lowest BCUT2D eigenvalue weighted by molar-refractivity contribution is 0.0675. The van der Waals surface area contributed by atoms with Gasteiger partial charge in [0.1, 0.15) is 0 Å². The normalized spacial score (nSPS) is 26.1. The Morgan fingerprint density at radius 1 is 1.12 bits per heavy atom. The maximum Gasteiger partial charge on any atom is 0.0580 e. The van der Waals surface area contributed by atoms with E-state index in [2.05, 4.69) is 11.8 Å². The van der Waals surface area contributed by atoms with Crippen LogP contribution in [-0.2, 0) is 0 Å². The SMILES string of the molecule is CCCCN(CCO)CC1CCCCCC1O. The van der Waals surface area contributed by atoms with Gasteiger partial charge in [-0.1, -0.05) is 32.6 Å². The molecule has 0 aromatic heterocycles. The molecule has 102 valence electrons. The third-order valence-corrected chi connectivity index (χ3v) is 3.86. The molecule has 3 heteroatoms. The molecule has 1 rings (SSSR count). The first-order chi connectivity index (χ1) is 8.27. The minimum Gasteiger partial charge on any atom is -0.395 e. The first-order valence-corrected chi connectivity index (χ1v) is 7.29.